The molecule has 0 saturated heterocycles. The van der Waals surface area contributed by atoms with E-state index >= 15 is 0 Å². The Morgan fingerprint density at radius 2 is 1.86 bits per heavy atom. The van der Waals surface area contributed by atoms with Crippen molar-refractivity contribution in [2.75, 3.05) is 0 Å². The van der Waals surface area contributed by atoms with Crippen molar-refractivity contribution in [2.45, 2.75) is 25.4 Å². The second-order valence-corrected chi connectivity index (χ2v) is 5.29. The highest BCUT2D eigenvalue weighted by atomic mass is 35.5. The summed E-state index contributed by atoms with van der Waals surface area (Å²) in [6.45, 7) is 2.81. The monoisotopic (exact) mass is 313 g/mol. The number of carboxylic acids is 1. The molecule has 0 radical (unpaired) electrons. The highest BCUT2D eigenvalue weighted by Gasteiger charge is 2.30. The van der Waals surface area contributed by atoms with E-state index in [1.54, 1.807) is 12.1 Å². The number of rotatable bonds is 5. The van der Waals surface area contributed by atoms with Crippen LogP contribution >= 0.6 is 11.6 Å². The van der Waals surface area contributed by atoms with Gasteiger partial charge in [0.1, 0.15) is 5.54 Å². The van der Waals surface area contributed by atoms with Crippen molar-refractivity contribution in [2.24, 2.45) is 5.73 Å². The fourth-order valence-electron chi connectivity index (χ4n) is 1.49. The first-order valence-corrected chi connectivity index (χ1v) is 6.38. The number of hydrogen-bond donors (Lipinski definition) is 4. The molecule has 0 aliphatic rings. The molecule has 0 aliphatic heterocycles. The van der Waals surface area contributed by atoms with Crippen LogP contribution < -0.4 is 16.4 Å². The van der Waals surface area contributed by atoms with Gasteiger partial charge in [-0.25, -0.2) is 9.59 Å². The van der Waals surface area contributed by atoms with E-state index in [9.17, 15) is 19.5 Å². The fourth-order valence-corrected chi connectivity index (χ4v) is 1.74. The number of benzene rings is 1. The van der Waals surface area contributed by atoms with Crippen molar-refractivity contribution in [3.63, 3.8) is 0 Å². The highest BCUT2D eigenvalue weighted by Crippen LogP contribution is 2.22. The molecule has 3 amide bonds. The van der Waals surface area contributed by atoms with Crippen molar-refractivity contribution in [3.05, 3.63) is 34.9 Å². The molecule has 0 fully saturated rings. The minimum Gasteiger partial charge on any atom is -0.479 e. The zero-order valence-electron chi connectivity index (χ0n) is 11.5. The van der Waals surface area contributed by atoms with Crippen LogP contribution in [-0.4, -0.2) is 28.6 Å². The Labute approximate surface area is 126 Å². The zero-order valence-corrected chi connectivity index (χ0v) is 12.3. The quantitative estimate of drug-likeness (QED) is 0.648. The molecule has 0 spiro atoms. The molecule has 1 aromatic carbocycles. The number of halogens is 1. The predicted molar refractivity (Wildman–Crippen MR) is 76.8 cm³/mol. The van der Waals surface area contributed by atoms with E-state index < -0.39 is 29.5 Å². The number of nitrogens with one attached hydrogen (secondary N) is 2. The smallest absolute Gasteiger partial charge is 0.331 e. The third-order valence-electron chi connectivity index (χ3n) is 2.78. The number of urea groups is 1. The number of carboxylic acid groups (broad SMARTS) is 1. The lowest BCUT2D eigenvalue weighted by atomic mass is 10.1. The lowest BCUT2D eigenvalue weighted by Gasteiger charge is -2.24. The number of aliphatic carboxylic acids is 1. The predicted octanol–water partition coefficient (Wildman–Crippen LogP) is 1.03. The number of carbonyl (C=O) groups excluding carboxylic acids is 2. The van der Waals surface area contributed by atoms with Crippen LogP contribution in [0.15, 0.2) is 24.3 Å². The summed E-state index contributed by atoms with van der Waals surface area (Å²) in [5.74, 6) is -2.03. The molecule has 21 heavy (non-hydrogen) atoms. The van der Waals surface area contributed by atoms with Gasteiger partial charge in [0, 0.05) is 10.6 Å². The molecule has 1 rings (SSSR count). The van der Waals surface area contributed by atoms with Crippen LogP contribution in [0, 0.1) is 0 Å². The van der Waals surface area contributed by atoms with Gasteiger partial charge in [0.05, 0.1) is 0 Å². The second kappa shape index (κ2) is 6.45. The molecule has 0 unspecified atom stereocenters. The molecule has 0 aliphatic carbocycles. The molecule has 7 nitrogen and oxygen atoms in total. The normalized spacial score (nSPS) is 12.3. The lowest BCUT2D eigenvalue weighted by molar-refractivity contribution is -0.139. The van der Waals surface area contributed by atoms with Crippen LogP contribution in [0.4, 0.5) is 4.79 Å². The second-order valence-electron chi connectivity index (χ2n) is 4.88. The SMILES string of the molecule is CC(C)(NC(=O)N[C@@H](C(=O)O)c1ccccc1Cl)C(N)=O. The summed E-state index contributed by atoms with van der Waals surface area (Å²) >= 11 is 5.92. The number of primary amides is 1. The number of amides is 3. The molecule has 0 saturated carbocycles. The van der Waals surface area contributed by atoms with Gasteiger partial charge >= 0.3 is 12.0 Å². The van der Waals surface area contributed by atoms with E-state index in [0.717, 1.165) is 0 Å². The Morgan fingerprint density at radius 1 is 1.29 bits per heavy atom. The average Bonchev–Trinajstić information content (AvgIpc) is 2.36. The molecule has 1 atom stereocenters. The van der Waals surface area contributed by atoms with Gasteiger partial charge in [-0.15, -0.1) is 0 Å². The van der Waals surface area contributed by atoms with Crippen molar-refractivity contribution < 1.29 is 19.5 Å². The van der Waals surface area contributed by atoms with Crippen LogP contribution in [0.5, 0.6) is 0 Å². The summed E-state index contributed by atoms with van der Waals surface area (Å²) in [5.41, 5.74) is 4.05. The van der Waals surface area contributed by atoms with E-state index in [1.807, 2.05) is 0 Å². The van der Waals surface area contributed by atoms with Gasteiger partial charge in [-0.1, -0.05) is 29.8 Å². The molecule has 0 bridgehead atoms. The molecule has 0 heterocycles. The first kappa shape index (κ1) is 16.8. The van der Waals surface area contributed by atoms with Crippen LogP contribution in [-0.2, 0) is 9.59 Å². The third-order valence-corrected chi connectivity index (χ3v) is 3.12. The minimum absolute atomic E-state index is 0.208. The summed E-state index contributed by atoms with van der Waals surface area (Å²) in [5, 5.41) is 14.0. The average molecular weight is 314 g/mol. The van der Waals surface area contributed by atoms with Crippen LogP contribution in [0.3, 0.4) is 0 Å². The summed E-state index contributed by atoms with van der Waals surface area (Å²) in [6.07, 6.45) is 0. The van der Waals surface area contributed by atoms with Gasteiger partial charge < -0.3 is 21.5 Å². The third kappa shape index (κ3) is 4.35. The van der Waals surface area contributed by atoms with E-state index in [0.29, 0.717) is 0 Å². The van der Waals surface area contributed by atoms with Gasteiger partial charge in [0.25, 0.3) is 0 Å². The van der Waals surface area contributed by atoms with Crippen molar-refractivity contribution >= 4 is 29.5 Å². The highest BCUT2D eigenvalue weighted by molar-refractivity contribution is 6.31. The number of carbonyl (C=O) groups is 3. The summed E-state index contributed by atoms with van der Waals surface area (Å²) in [7, 11) is 0. The number of hydrogen-bond acceptors (Lipinski definition) is 3. The largest absolute Gasteiger partial charge is 0.479 e. The van der Waals surface area contributed by atoms with Crippen LogP contribution in [0.1, 0.15) is 25.5 Å². The Hall–Kier alpha value is -2.28. The fraction of sp³-hybridized carbons (Fsp3) is 0.308. The molecule has 1 aromatic rings. The first-order valence-electron chi connectivity index (χ1n) is 6.01. The maximum absolute atomic E-state index is 11.8. The lowest BCUT2D eigenvalue weighted by Crippen LogP contribution is -2.56. The van der Waals surface area contributed by atoms with Gasteiger partial charge in [0.2, 0.25) is 5.91 Å². The van der Waals surface area contributed by atoms with Crippen molar-refractivity contribution in [1.82, 2.24) is 10.6 Å². The first-order chi connectivity index (χ1) is 9.65. The molecule has 114 valence electrons. The molecular weight excluding hydrogens is 298 g/mol. The maximum Gasteiger partial charge on any atom is 0.331 e. The number of nitrogens with two attached hydrogens (primary N) is 1. The van der Waals surface area contributed by atoms with E-state index in [-0.39, 0.29) is 10.6 Å². The van der Waals surface area contributed by atoms with Gasteiger partial charge in [-0.05, 0) is 19.9 Å². The Bertz CT molecular complexity index is 574. The van der Waals surface area contributed by atoms with E-state index in [4.69, 9.17) is 17.3 Å². The van der Waals surface area contributed by atoms with Gasteiger partial charge in [0.15, 0.2) is 6.04 Å². The van der Waals surface area contributed by atoms with Gasteiger partial charge in [-0.3, -0.25) is 4.79 Å². The molecule has 5 N–H and O–H groups in total. The Balaban J connectivity index is 2.91. The van der Waals surface area contributed by atoms with Gasteiger partial charge in [-0.2, -0.15) is 0 Å². The summed E-state index contributed by atoms with van der Waals surface area (Å²) in [4.78, 5) is 34.3. The van der Waals surface area contributed by atoms with Crippen LogP contribution in [0.25, 0.3) is 0 Å². The van der Waals surface area contributed by atoms with E-state index in [2.05, 4.69) is 10.6 Å². The Kier molecular flexibility index (Phi) is 5.15. The molecule has 8 heteroatoms. The van der Waals surface area contributed by atoms with Crippen LogP contribution in [0.2, 0.25) is 5.02 Å². The van der Waals surface area contributed by atoms with E-state index in [1.165, 1.54) is 26.0 Å². The van der Waals surface area contributed by atoms with Crippen molar-refractivity contribution in [1.29, 1.82) is 0 Å². The minimum atomic E-state index is -1.35. The summed E-state index contributed by atoms with van der Waals surface area (Å²) in [6, 6.07) is 4.05. The zero-order chi connectivity index (χ0) is 16.2. The standard InChI is InChI=1S/C13H16ClN3O4/c1-13(2,11(15)20)17-12(21)16-9(10(18)19)7-5-3-4-6-8(7)14/h3-6,9H,1-2H3,(H2,15,20)(H,18,19)(H2,16,17,21)/t9-/m1/s1. The summed E-state index contributed by atoms with van der Waals surface area (Å²) < 4.78 is 0. The molecular formula is C13H16ClN3O4. The topological polar surface area (TPSA) is 122 Å². The Morgan fingerprint density at radius 3 is 2.33 bits per heavy atom. The van der Waals surface area contributed by atoms with Crippen molar-refractivity contribution in [3.8, 4) is 0 Å². The maximum atomic E-state index is 11.8. The molecule has 0 aromatic heterocycles.